The first kappa shape index (κ1) is 13.4. The van der Waals surface area contributed by atoms with Crippen LogP contribution in [0.4, 0.5) is 0 Å². The molecule has 0 radical (unpaired) electrons. The van der Waals surface area contributed by atoms with Gasteiger partial charge in [0, 0.05) is 35.4 Å². The standard InChI is InChI=1S/C13H19NO3S/c1-2-18(15)8-5-14-10-11-3-4-12-13(9-11)17-7-6-16-12/h3-4,9,14H,2,5-8,10H2,1H3. The van der Waals surface area contributed by atoms with E-state index in [-0.39, 0.29) is 0 Å². The Hall–Kier alpha value is -1.07. The van der Waals surface area contributed by atoms with E-state index >= 15 is 0 Å². The Morgan fingerprint density at radius 1 is 1.28 bits per heavy atom. The van der Waals surface area contributed by atoms with Gasteiger partial charge in [-0.3, -0.25) is 4.21 Å². The van der Waals surface area contributed by atoms with E-state index in [2.05, 4.69) is 5.32 Å². The molecule has 1 aromatic rings. The van der Waals surface area contributed by atoms with Crippen LogP contribution in [0.5, 0.6) is 11.5 Å². The summed E-state index contributed by atoms with van der Waals surface area (Å²) < 4.78 is 22.2. The van der Waals surface area contributed by atoms with Crippen LogP contribution in [0.2, 0.25) is 0 Å². The van der Waals surface area contributed by atoms with Crippen LogP contribution in [0.15, 0.2) is 18.2 Å². The highest BCUT2D eigenvalue weighted by Gasteiger charge is 2.11. The Bertz CT molecular complexity index is 423. The third kappa shape index (κ3) is 3.71. The van der Waals surface area contributed by atoms with E-state index in [1.807, 2.05) is 25.1 Å². The quantitative estimate of drug-likeness (QED) is 0.791. The molecule has 5 heteroatoms. The van der Waals surface area contributed by atoms with Gasteiger partial charge in [-0.05, 0) is 17.7 Å². The Morgan fingerprint density at radius 3 is 2.83 bits per heavy atom. The molecule has 1 heterocycles. The molecule has 1 atom stereocenters. The largest absolute Gasteiger partial charge is 0.486 e. The molecule has 2 rings (SSSR count). The van der Waals surface area contributed by atoms with Gasteiger partial charge in [0.05, 0.1) is 0 Å². The summed E-state index contributed by atoms with van der Waals surface area (Å²) in [5.74, 6) is 3.07. The predicted octanol–water partition coefficient (Wildman–Crippen LogP) is 1.32. The van der Waals surface area contributed by atoms with E-state index in [1.165, 1.54) is 0 Å². The first-order valence-electron chi connectivity index (χ1n) is 6.24. The Balaban J connectivity index is 1.81. The number of benzene rings is 1. The maximum atomic E-state index is 11.2. The van der Waals surface area contributed by atoms with E-state index in [0.29, 0.717) is 19.0 Å². The zero-order chi connectivity index (χ0) is 12.8. The summed E-state index contributed by atoms with van der Waals surface area (Å²) in [5, 5.41) is 3.28. The summed E-state index contributed by atoms with van der Waals surface area (Å²) in [6.07, 6.45) is 0. The molecule has 1 aliphatic heterocycles. The van der Waals surface area contributed by atoms with Crippen LogP contribution in [-0.2, 0) is 17.3 Å². The molecular weight excluding hydrogens is 250 g/mol. The van der Waals surface area contributed by atoms with E-state index in [0.717, 1.165) is 35.9 Å². The second kappa shape index (κ2) is 6.75. The predicted molar refractivity (Wildman–Crippen MR) is 72.7 cm³/mol. The van der Waals surface area contributed by atoms with Gasteiger partial charge in [-0.15, -0.1) is 0 Å². The topological polar surface area (TPSA) is 47.6 Å². The van der Waals surface area contributed by atoms with Crippen molar-refractivity contribution in [3.05, 3.63) is 23.8 Å². The molecule has 1 unspecified atom stereocenters. The fraction of sp³-hybridized carbons (Fsp3) is 0.538. The molecular formula is C13H19NO3S. The molecule has 0 fully saturated rings. The van der Waals surface area contributed by atoms with Crippen molar-refractivity contribution in [2.24, 2.45) is 0 Å². The normalized spacial score (nSPS) is 15.4. The first-order valence-corrected chi connectivity index (χ1v) is 7.72. The Kier molecular flexibility index (Phi) is 5.01. The van der Waals surface area contributed by atoms with Crippen LogP contribution >= 0.6 is 0 Å². The van der Waals surface area contributed by atoms with Gasteiger partial charge in [0.1, 0.15) is 13.2 Å². The second-order valence-corrected chi connectivity index (χ2v) is 5.95. The summed E-state index contributed by atoms with van der Waals surface area (Å²) in [4.78, 5) is 0. The molecule has 1 N–H and O–H groups in total. The zero-order valence-corrected chi connectivity index (χ0v) is 11.4. The summed E-state index contributed by atoms with van der Waals surface area (Å²) in [5.41, 5.74) is 1.15. The van der Waals surface area contributed by atoms with Crippen molar-refractivity contribution in [2.75, 3.05) is 31.3 Å². The van der Waals surface area contributed by atoms with Crippen molar-refractivity contribution in [3.63, 3.8) is 0 Å². The number of nitrogens with one attached hydrogen (secondary N) is 1. The average Bonchev–Trinajstić information content (AvgIpc) is 2.43. The summed E-state index contributed by atoms with van der Waals surface area (Å²) in [6.45, 7) is 4.70. The number of hydrogen-bond acceptors (Lipinski definition) is 4. The van der Waals surface area contributed by atoms with Gasteiger partial charge in [0.15, 0.2) is 11.5 Å². The number of rotatable bonds is 6. The van der Waals surface area contributed by atoms with Gasteiger partial charge in [-0.2, -0.15) is 0 Å². The van der Waals surface area contributed by atoms with Gasteiger partial charge < -0.3 is 14.8 Å². The van der Waals surface area contributed by atoms with E-state index in [9.17, 15) is 4.21 Å². The van der Waals surface area contributed by atoms with Crippen molar-refractivity contribution < 1.29 is 13.7 Å². The highest BCUT2D eigenvalue weighted by Crippen LogP contribution is 2.30. The highest BCUT2D eigenvalue weighted by molar-refractivity contribution is 7.84. The molecule has 0 saturated carbocycles. The third-order valence-electron chi connectivity index (χ3n) is 2.76. The van der Waals surface area contributed by atoms with Crippen molar-refractivity contribution >= 4 is 10.8 Å². The molecule has 0 aliphatic carbocycles. The molecule has 4 nitrogen and oxygen atoms in total. The number of ether oxygens (including phenoxy) is 2. The van der Waals surface area contributed by atoms with Crippen molar-refractivity contribution in [2.45, 2.75) is 13.5 Å². The molecule has 0 bridgehead atoms. The summed E-state index contributed by atoms with van der Waals surface area (Å²) >= 11 is 0. The molecule has 0 spiro atoms. The first-order chi connectivity index (χ1) is 8.79. The smallest absolute Gasteiger partial charge is 0.161 e. The van der Waals surface area contributed by atoms with Crippen molar-refractivity contribution in [1.29, 1.82) is 0 Å². The van der Waals surface area contributed by atoms with Gasteiger partial charge in [0.25, 0.3) is 0 Å². The molecule has 1 aliphatic rings. The lowest BCUT2D eigenvalue weighted by molar-refractivity contribution is 0.171. The number of fused-ring (bicyclic) bond motifs is 1. The molecule has 0 saturated heterocycles. The Morgan fingerprint density at radius 2 is 2.06 bits per heavy atom. The minimum Gasteiger partial charge on any atom is -0.486 e. The highest BCUT2D eigenvalue weighted by atomic mass is 32.2. The van der Waals surface area contributed by atoms with Gasteiger partial charge in [0.2, 0.25) is 0 Å². The molecule has 1 aromatic carbocycles. The summed E-state index contributed by atoms with van der Waals surface area (Å²) in [6, 6.07) is 5.96. The molecule has 0 aromatic heterocycles. The second-order valence-electron chi connectivity index (χ2n) is 4.09. The van der Waals surface area contributed by atoms with Gasteiger partial charge in [-0.25, -0.2) is 0 Å². The molecule has 0 amide bonds. The summed E-state index contributed by atoms with van der Waals surface area (Å²) in [7, 11) is -0.694. The van der Waals surface area contributed by atoms with Crippen molar-refractivity contribution in [1.82, 2.24) is 5.32 Å². The lowest BCUT2D eigenvalue weighted by atomic mass is 10.2. The van der Waals surface area contributed by atoms with Crippen LogP contribution < -0.4 is 14.8 Å². The Labute approximate surface area is 110 Å². The van der Waals surface area contributed by atoms with Crippen LogP contribution in [0.25, 0.3) is 0 Å². The van der Waals surface area contributed by atoms with Crippen LogP contribution in [0.1, 0.15) is 12.5 Å². The average molecular weight is 269 g/mol. The van der Waals surface area contributed by atoms with Crippen LogP contribution in [0, 0.1) is 0 Å². The van der Waals surface area contributed by atoms with E-state index < -0.39 is 10.8 Å². The van der Waals surface area contributed by atoms with Gasteiger partial charge >= 0.3 is 0 Å². The monoisotopic (exact) mass is 269 g/mol. The lowest BCUT2D eigenvalue weighted by Gasteiger charge is -2.18. The maximum Gasteiger partial charge on any atom is 0.161 e. The van der Waals surface area contributed by atoms with E-state index in [1.54, 1.807) is 0 Å². The number of hydrogen-bond donors (Lipinski definition) is 1. The SMILES string of the molecule is CCS(=O)CCNCc1ccc2c(c1)OCCO2. The van der Waals surface area contributed by atoms with Crippen LogP contribution in [0.3, 0.4) is 0 Å². The molecule has 100 valence electrons. The maximum absolute atomic E-state index is 11.2. The minimum absolute atomic E-state index is 0.610. The molecule has 18 heavy (non-hydrogen) atoms. The van der Waals surface area contributed by atoms with Crippen molar-refractivity contribution in [3.8, 4) is 11.5 Å². The van der Waals surface area contributed by atoms with Crippen LogP contribution in [-0.4, -0.2) is 35.5 Å². The fourth-order valence-corrected chi connectivity index (χ4v) is 2.42. The zero-order valence-electron chi connectivity index (χ0n) is 10.6. The minimum atomic E-state index is -0.694. The fourth-order valence-electron chi connectivity index (χ4n) is 1.76. The van der Waals surface area contributed by atoms with Gasteiger partial charge in [-0.1, -0.05) is 13.0 Å². The lowest BCUT2D eigenvalue weighted by Crippen LogP contribution is -2.21. The van der Waals surface area contributed by atoms with E-state index in [4.69, 9.17) is 9.47 Å². The third-order valence-corrected chi connectivity index (χ3v) is 4.07.